The molecule has 4 nitrogen and oxygen atoms in total. The number of nitrogens with two attached hydrogens (primary N) is 1. The van der Waals surface area contributed by atoms with E-state index < -0.39 is 12.0 Å². The fourth-order valence-electron chi connectivity index (χ4n) is 3.31. The van der Waals surface area contributed by atoms with Crippen LogP contribution in [-0.2, 0) is 4.79 Å². The minimum absolute atomic E-state index is 0. The van der Waals surface area contributed by atoms with E-state index >= 15 is 0 Å². The molecule has 4 N–H and O–H groups in total. The number of carboxylic acid groups (broad SMARTS) is 1. The Morgan fingerprint density at radius 3 is 1.52 bits per heavy atom. The van der Waals surface area contributed by atoms with Crippen molar-refractivity contribution in [2.75, 3.05) is 13.1 Å². The number of nitrogens with one attached hydrogen (secondary N) is 1. The van der Waals surface area contributed by atoms with E-state index in [1.165, 1.54) is 89.9 Å². The number of hydrogen-bond donors (Lipinski definition) is 3. The van der Waals surface area contributed by atoms with Gasteiger partial charge in [-0.2, -0.15) is 0 Å². The quantitative estimate of drug-likeness (QED) is 0.189. The summed E-state index contributed by atoms with van der Waals surface area (Å²) in [6, 6.07) is -0.694. The molecule has 0 aromatic heterocycles. The molecule has 0 rings (SSSR count). The summed E-state index contributed by atoms with van der Waals surface area (Å²) < 4.78 is 0. The molecule has 1 atom stereocenters. The zero-order chi connectivity index (χ0) is 19.3. The molecule has 0 aromatic rings. The molecule has 5 heteroatoms. The van der Waals surface area contributed by atoms with E-state index in [2.05, 4.69) is 12.2 Å². The van der Waals surface area contributed by atoms with Crippen LogP contribution in [0.15, 0.2) is 0 Å². The van der Waals surface area contributed by atoms with Crippen molar-refractivity contribution in [2.24, 2.45) is 5.73 Å². The number of unbranched alkanes of at least 4 members (excludes halogenated alkanes) is 14. The van der Waals surface area contributed by atoms with E-state index in [1.54, 1.807) is 0 Å². The summed E-state index contributed by atoms with van der Waals surface area (Å²) in [4.78, 5) is 10.6. The molecule has 0 aliphatic heterocycles. The zero-order valence-electron chi connectivity index (χ0n) is 17.4. The van der Waals surface area contributed by atoms with Crippen molar-refractivity contribution in [3.63, 3.8) is 0 Å². The molecule has 0 saturated heterocycles. The van der Waals surface area contributed by atoms with Gasteiger partial charge in [0.15, 0.2) is 0 Å². The summed E-state index contributed by atoms with van der Waals surface area (Å²) in [5.74, 6) is -0.889. The predicted molar refractivity (Wildman–Crippen MR) is 120 cm³/mol. The fraction of sp³-hybridized carbons (Fsp3) is 0.955. The average Bonchev–Trinajstić information content (AvgIpc) is 2.63. The molecule has 0 aliphatic rings. The molecule has 0 radical (unpaired) electrons. The van der Waals surface area contributed by atoms with Crippen LogP contribution in [0.3, 0.4) is 0 Å². The molecule has 0 amide bonds. The van der Waals surface area contributed by atoms with Crippen LogP contribution in [0.2, 0.25) is 0 Å². The average molecular weight is 395 g/mol. The Balaban J connectivity index is 0. The Labute approximate surface area is 191 Å². The van der Waals surface area contributed by atoms with Crippen molar-refractivity contribution in [1.82, 2.24) is 5.32 Å². The zero-order valence-corrected chi connectivity index (χ0v) is 17.4. The van der Waals surface area contributed by atoms with Crippen LogP contribution in [0.4, 0.5) is 0 Å². The van der Waals surface area contributed by atoms with Gasteiger partial charge in [-0.05, 0) is 32.4 Å². The molecule has 158 valence electrons. The molecule has 0 heterocycles. The third kappa shape index (κ3) is 24.4. The van der Waals surface area contributed by atoms with Crippen molar-refractivity contribution in [2.45, 2.75) is 122 Å². The van der Waals surface area contributed by atoms with Crippen LogP contribution in [0.25, 0.3) is 0 Å². The predicted octanol–water partition coefficient (Wildman–Crippen LogP) is 4.99. The third-order valence-corrected chi connectivity index (χ3v) is 5.14. The van der Waals surface area contributed by atoms with Gasteiger partial charge in [0.05, 0.1) is 0 Å². The molecule has 0 fully saturated rings. The number of rotatable bonds is 21. The van der Waals surface area contributed by atoms with Gasteiger partial charge < -0.3 is 16.2 Å². The van der Waals surface area contributed by atoms with Gasteiger partial charge in [-0.25, -0.2) is 0 Å². The van der Waals surface area contributed by atoms with Gasteiger partial charge in [0.25, 0.3) is 0 Å². The van der Waals surface area contributed by atoms with Crippen LogP contribution in [-0.4, -0.2) is 59.8 Å². The molecule has 0 aromatic carbocycles. The standard InChI is InChI=1S/C22H46N2O2.Na.H/c1-2-3-4-5-6-7-8-9-10-11-12-13-14-16-19-24-20-17-15-18-21(23)22(25)26;;/h21,24H,2-20,23H2,1H3,(H,25,26);;/t21-;;/m0../s1. The van der Waals surface area contributed by atoms with E-state index in [1.807, 2.05) is 0 Å². The van der Waals surface area contributed by atoms with Crippen LogP contribution in [0, 0.1) is 0 Å². The number of hydrogen-bond acceptors (Lipinski definition) is 3. The summed E-state index contributed by atoms with van der Waals surface area (Å²) in [6.07, 6.45) is 22.0. The first kappa shape index (κ1) is 29.6. The third-order valence-electron chi connectivity index (χ3n) is 5.14. The summed E-state index contributed by atoms with van der Waals surface area (Å²) in [6.45, 7) is 4.34. The molecule has 0 spiro atoms. The monoisotopic (exact) mass is 394 g/mol. The Kier molecular flexibility index (Phi) is 26.8. The summed E-state index contributed by atoms with van der Waals surface area (Å²) in [7, 11) is 0. The molecule has 0 saturated carbocycles. The second-order valence-electron chi connectivity index (χ2n) is 7.79. The van der Waals surface area contributed by atoms with Gasteiger partial charge in [-0.3, -0.25) is 4.79 Å². The maximum absolute atomic E-state index is 10.6. The Hall–Kier alpha value is 0.390. The van der Waals surface area contributed by atoms with Crippen molar-refractivity contribution in [3.05, 3.63) is 0 Å². The van der Waals surface area contributed by atoms with E-state index in [4.69, 9.17) is 10.8 Å². The van der Waals surface area contributed by atoms with E-state index in [0.717, 1.165) is 25.9 Å². The fourth-order valence-corrected chi connectivity index (χ4v) is 3.31. The number of carboxylic acids is 1. The molecule has 0 unspecified atom stereocenters. The van der Waals surface area contributed by atoms with E-state index in [9.17, 15) is 4.79 Å². The van der Waals surface area contributed by atoms with Gasteiger partial charge >= 0.3 is 35.5 Å². The Morgan fingerprint density at radius 2 is 1.11 bits per heavy atom. The van der Waals surface area contributed by atoms with Crippen LogP contribution in [0.5, 0.6) is 0 Å². The van der Waals surface area contributed by atoms with Crippen LogP contribution < -0.4 is 11.1 Å². The normalized spacial score (nSPS) is 11.9. The first-order valence-electron chi connectivity index (χ1n) is 11.4. The van der Waals surface area contributed by atoms with E-state index in [0.29, 0.717) is 6.42 Å². The van der Waals surface area contributed by atoms with E-state index in [-0.39, 0.29) is 29.6 Å². The van der Waals surface area contributed by atoms with Gasteiger partial charge in [-0.1, -0.05) is 96.8 Å². The van der Waals surface area contributed by atoms with Crippen LogP contribution in [0.1, 0.15) is 116 Å². The van der Waals surface area contributed by atoms with Gasteiger partial charge in [-0.15, -0.1) is 0 Å². The van der Waals surface area contributed by atoms with Crippen molar-refractivity contribution >= 4 is 35.5 Å². The van der Waals surface area contributed by atoms with Crippen molar-refractivity contribution in [1.29, 1.82) is 0 Å². The van der Waals surface area contributed by atoms with Gasteiger partial charge in [0, 0.05) is 0 Å². The topological polar surface area (TPSA) is 75.3 Å². The Morgan fingerprint density at radius 1 is 0.741 bits per heavy atom. The first-order valence-corrected chi connectivity index (χ1v) is 11.4. The summed E-state index contributed by atoms with van der Waals surface area (Å²) in [5.41, 5.74) is 5.47. The van der Waals surface area contributed by atoms with Crippen molar-refractivity contribution in [3.8, 4) is 0 Å². The van der Waals surface area contributed by atoms with Gasteiger partial charge in [0.2, 0.25) is 0 Å². The molecule has 0 bridgehead atoms. The number of carbonyl (C=O) groups is 1. The minimum atomic E-state index is -0.889. The van der Waals surface area contributed by atoms with Crippen molar-refractivity contribution < 1.29 is 9.90 Å². The second-order valence-corrected chi connectivity index (χ2v) is 7.79. The molecule has 27 heavy (non-hydrogen) atoms. The number of aliphatic carboxylic acids is 1. The molecule has 0 aliphatic carbocycles. The van der Waals surface area contributed by atoms with Crippen LogP contribution >= 0.6 is 0 Å². The summed E-state index contributed by atoms with van der Waals surface area (Å²) >= 11 is 0. The Bertz CT molecular complexity index is 304. The first-order chi connectivity index (χ1) is 12.7. The maximum atomic E-state index is 10.6. The molecular weight excluding hydrogens is 347 g/mol. The SMILES string of the molecule is CCCCCCCCCCCCCCCCNCCCC[C@H](N)C(=O)O.[NaH]. The van der Waals surface area contributed by atoms with Gasteiger partial charge in [0.1, 0.15) is 6.04 Å². The summed E-state index contributed by atoms with van der Waals surface area (Å²) in [5, 5.41) is 12.1. The second kappa shape index (κ2) is 24.4. The molecular formula is C22H47N2NaO2.